The lowest BCUT2D eigenvalue weighted by atomic mass is 10.0. The molecule has 12 heteroatoms. The third-order valence-corrected chi connectivity index (χ3v) is 6.37. The van der Waals surface area contributed by atoms with Crippen molar-refractivity contribution in [2.24, 2.45) is 7.05 Å². The molecule has 190 valence electrons. The second kappa shape index (κ2) is 10.2. The average molecular weight is 548 g/mol. The van der Waals surface area contributed by atoms with Crippen LogP contribution in [-0.4, -0.2) is 32.2 Å². The van der Waals surface area contributed by atoms with Crippen molar-refractivity contribution in [3.05, 3.63) is 108 Å². The lowest BCUT2D eigenvalue weighted by molar-refractivity contribution is -0.139. The number of hydrogen-bond acceptors (Lipinski definition) is 4. The number of carboxylic acid groups (broad SMARTS) is 1. The van der Waals surface area contributed by atoms with Gasteiger partial charge in [0, 0.05) is 19.5 Å². The molecule has 1 aromatic heterocycles. The zero-order valence-corrected chi connectivity index (χ0v) is 20.5. The summed E-state index contributed by atoms with van der Waals surface area (Å²) < 4.78 is 29.2. The molecule has 2 N–H and O–H groups in total. The minimum Gasteiger partial charge on any atom is -0.480 e. The lowest BCUT2D eigenvalue weighted by Gasteiger charge is -2.16. The maximum Gasteiger partial charge on any atom is 0.335 e. The van der Waals surface area contributed by atoms with E-state index in [2.05, 4.69) is 5.32 Å². The fourth-order valence-electron chi connectivity index (χ4n) is 3.84. The van der Waals surface area contributed by atoms with Crippen molar-refractivity contribution in [1.82, 2.24) is 14.5 Å². The van der Waals surface area contributed by atoms with E-state index in [1.165, 1.54) is 43.4 Å². The Labute approximate surface area is 217 Å². The number of carbonyl (C=O) groups is 2. The molecule has 0 saturated carbocycles. The van der Waals surface area contributed by atoms with Gasteiger partial charge in [0.1, 0.15) is 6.04 Å². The molecule has 1 atom stereocenters. The molecule has 4 rings (SSSR count). The summed E-state index contributed by atoms with van der Waals surface area (Å²) in [6.45, 7) is 0. The molecule has 0 fully saturated rings. The highest BCUT2D eigenvalue weighted by Crippen LogP contribution is 2.24. The quantitative estimate of drug-likeness (QED) is 0.382. The number of aryl methyl sites for hydroxylation is 1. The van der Waals surface area contributed by atoms with Crippen LogP contribution >= 0.6 is 23.2 Å². The van der Waals surface area contributed by atoms with Crippen LogP contribution in [0.3, 0.4) is 0 Å². The summed E-state index contributed by atoms with van der Waals surface area (Å²) in [7, 11) is 1.32. The second-order valence-corrected chi connectivity index (χ2v) is 8.91. The molecular formula is C25H17Cl2F2N3O5. The number of nitrogens with one attached hydrogen (secondary N) is 1. The van der Waals surface area contributed by atoms with Crippen molar-refractivity contribution in [3.63, 3.8) is 0 Å². The minimum absolute atomic E-state index is 0.0588. The maximum atomic E-state index is 13.8. The van der Waals surface area contributed by atoms with Crippen LogP contribution < -0.4 is 16.6 Å². The van der Waals surface area contributed by atoms with Gasteiger partial charge in [-0.05, 0) is 35.9 Å². The monoisotopic (exact) mass is 547 g/mol. The molecule has 0 aliphatic carbocycles. The third kappa shape index (κ3) is 4.98. The van der Waals surface area contributed by atoms with Gasteiger partial charge in [0.05, 0.1) is 32.2 Å². The fraction of sp³-hybridized carbons (Fsp3) is 0.120. The Hall–Kier alpha value is -4.02. The lowest BCUT2D eigenvalue weighted by Crippen LogP contribution is -2.42. The van der Waals surface area contributed by atoms with Crippen LogP contribution in [-0.2, 0) is 18.3 Å². The zero-order chi connectivity index (χ0) is 27.0. The summed E-state index contributed by atoms with van der Waals surface area (Å²) in [5.74, 6) is -4.50. The normalized spacial score (nSPS) is 11.9. The summed E-state index contributed by atoms with van der Waals surface area (Å²) in [5, 5.41) is 11.9. The molecule has 0 unspecified atom stereocenters. The minimum atomic E-state index is -1.35. The Morgan fingerprint density at radius 1 is 1.00 bits per heavy atom. The molecule has 37 heavy (non-hydrogen) atoms. The predicted molar refractivity (Wildman–Crippen MR) is 134 cm³/mol. The van der Waals surface area contributed by atoms with Crippen molar-refractivity contribution in [2.45, 2.75) is 12.5 Å². The largest absolute Gasteiger partial charge is 0.480 e. The molecule has 0 spiro atoms. The van der Waals surface area contributed by atoms with Crippen LogP contribution in [0.2, 0.25) is 10.0 Å². The molecule has 0 bridgehead atoms. The van der Waals surface area contributed by atoms with Gasteiger partial charge in [-0.1, -0.05) is 41.4 Å². The molecular weight excluding hydrogens is 531 g/mol. The SMILES string of the molecule is Cn1c(=O)n(-c2ccc(C[C@H](NC(=O)c3c(Cl)cccc3Cl)C(=O)O)cc2)c(=O)c2cc(F)c(F)cc21. The molecule has 3 aromatic carbocycles. The van der Waals surface area contributed by atoms with Crippen LogP contribution in [0.5, 0.6) is 0 Å². The van der Waals surface area contributed by atoms with E-state index in [0.29, 0.717) is 5.56 Å². The van der Waals surface area contributed by atoms with Crippen LogP contribution in [0.4, 0.5) is 8.78 Å². The molecule has 1 amide bonds. The van der Waals surface area contributed by atoms with Crippen molar-refractivity contribution in [2.75, 3.05) is 0 Å². The highest BCUT2D eigenvalue weighted by molar-refractivity contribution is 6.39. The van der Waals surface area contributed by atoms with E-state index in [1.54, 1.807) is 6.07 Å². The van der Waals surface area contributed by atoms with Gasteiger partial charge in [0.25, 0.3) is 11.5 Å². The van der Waals surface area contributed by atoms with Crippen LogP contribution in [0.15, 0.2) is 64.2 Å². The van der Waals surface area contributed by atoms with Gasteiger partial charge in [0.2, 0.25) is 0 Å². The number of rotatable bonds is 6. The topological polar surface area (TPSA) is 110 Å². The Morgan fingerprint density at radius 2 is 1.59 bits per heavy atom. The number of aromatic nitrogens is 2. The smallest absolute Gasteiger partial charge is 0.335 e. The first-order valence-corrected chi connectivity index (χ1v) is 11.4. The van der Waals surface area contributed by atoms with E-state index in [-0.39, 0.29) is 38.6 Å². The number of carboxylic acids is 1. The maximum absolute atomic E-state index is 13.8. The van der Waals surface area contributed by atoms with Gasteiger partial charge < -0.3 is 10.4 Å². The Balaban J connectivity index is 1.64. The molecule has 4 aromatic rings. The number of nitrogens with zero attached hydrogens (tertiary/aromatic N) is 2. The standard InChI is InChI=1S/C25H17Cl2F2N3O5/c1-31-20-11-18(29)17(28)10-14(20)23(34)32(25(31)37)13-7-5-12(6-8-13)9-19(24(35)36)30-22(33)21-15(26)3-2-4-16(21)27/h2-8,10-11,19H,9H2,1H3,(H,30,33)(H,35,36)/t19-/m0/s1. The van der Waals surface area contributed by atoms with Gasteiger partial charge in [-0.2, -0.15) is 0 Å². The predicted octanol–water partition coefficient (Wildman–Crippen LogP) is 3.70. The van der Waals surface area contributed by atoms with Crippen molar-refractivity contribution in [1.29, 1.82) is 0 Å². The number of carbonyl (C=O) groups excluding carboxylic acids is 1. The van der Waals surface area contributed by atoms with E-state index >= 15 is 0 Å². The van der Waals surface area contributed by atoms with E-state index in [0.717, 1.165) is 21.3 Å². The number of benzene rings is 3. The number of aliphatic carboxylic acids is 1. The second-order valence-electron chi connectivity index (χ2n) is 8.10. The summed E-state index contributed by atoms with van der Waals surface area (Å²) in [4.78, 5) is 50.2. The van der Waals surface area contributed by atoms with Gasteiger partial charge in [-0.25, -0.2) is 22.9 Å². The third-order valence-electron chi connectivity index (χ3n) is 5.74. The summed E-state index contributed by atoms with van der Waals surface area (Å²) in [5.41, 5.74) is -1.18. The first-order chi connectivity index (χ1) is 17.5. The van der Waals surface area contributed by atoms with Crippen LogP contribution in [0.1, 0.15) is 15.9 Å². The van der Waals surface area contributed by atoms with E-state index in [1.807, 2.05) is 0 Å². The molecule has 8 nitrogen and oxygen atoms in total. The molecule has 1 heterocycles. The molecule has 0 aliphatic rings. The van der Waals surface area contributed by atoms with Gasteiger partial charge in [-0.3, -0.25) is 14.2 Å². The summed E-state index contributed by atoms with van der Waals surface area (Å²) >= 11 is 12.1. The Bertz CT molecular complexity index is 1660. The number of amides is 1. The van der Waals surface area contributed by atoms with E-state index in [4.69, 9.17) is 23.2 Å². The van der Waals surface area contributed by atoms with Crippen molar-refractivity contribution in [3.8, 4) is 5.69 Å². The van der Waals surface area contributed by atoms with Crippen molar-refractivity contribution >= 4 is 46.0 Å². The highest BCUT2D eigenvalue weighted by atomic mass is 35.5. The number of hydrogen-bond donors (Lipinski definition) is 2. The van der Waals surface area contributed by atoms with Gasteiger partial charge in [0.15, 0.2) is 11.6 Å². The number of fused-ring (bicyclic) bond motifs is 1. The molecule has 0 saturated heterocycles. The van der Waals surface area contributed by atoms with Gasteiger partial charge >= 0.3 is 11.7 Å². The van der Waals surface area contributed by atoms with Crippen LogP contribution in [0.25, 0.3) is 16.6 Å². The summed E-state index contributed by atoms with van der Waals surface area (Å²) in [6, 6.07) is 10.3. The summed E-state index contributed by atoms with van der Waals surface area (Å²) in [6.07, 6.45) is -0.140. The average Bonchev–Trinajstić information content (AvgIpc) is 2.84. The van der Waals surface area contributed by atoms with Crippen molar-refractivity contribution < 1.29 is 23.5 Å². The zero-order valence-electron chi connectivity index (χ0n) is 19.0. The molecule has 0 radical (unpaired) electrons. The van der Waals surface area contributed by atoms with E-state index in [9.17, 15) is 33.1 Å². The van der Waals surface area contributed by atoms with E-state index < -0.39 is 40.8 Å². The molecule has 0 aliphatic heterocycles. The number of halogens is 4. The Morgan fingerprint density at radius 3 is 2.19 bits per heavy atom. The highest BCUT2D eigenvalue weighted by Gasteiger charge is 2.24. The van der Waals surface area contributed by atoms with Crippen LogP contribution in [0, 0.1) is 11.6 Å². The Kier molecular flexibility index (Phi) is 7.15. The van der Waals surface area contributed by atoms with Gasteiger partial charge in [-0.15, -0.1) is 0 Å². The first kappa shape index (κ1) is 26.1. The fourth-order valence-corrected chi connectivity index (χ4v) is 4.40. The first-order valence-electron chi connectivity index (χ1n) is 10.7.